The van der Waals surface area contributed by atoms with Crippen molar-refractivity contribution in [3.05, 3.63) is 65.9 Å². The molecule has 0 bridgehead atoms. The van der Waals surface area contributed by atoms with Gasteiger partial charge in [-0.2, -0.15) is 0 Å². The Balaban J connectivity index is 2.08. The van der Waals surface area contributed by atoms with Crippen molar-refractivity contribution < 1.29 is 4.74 Å². The van der Waals surface area contributed by atoms with Crippen LogP contribution in [0.15, 0.2) is 54.7 Å². The highest BCUT2D eigenvalue weighted by atomic mass is 16.5. The molecule has 0 fully saturated rings. The predicted octanol–water partition coefficient (Wildman–Crippen LogP) is 4.05. The van der Waals surface area contributed by atoms with Crippen molar-refractivity contribution >= 4 is 10.8 Å². The molecule has 0 saturated carbocycles. The lowest BCUT2D eigenvalue weighted by molar-refractivity contribution is 0.465. The molecule has 21 heavy (non-hydrogen) atoms. The van der Waals surface area contributed by atoms with E-state index in [1.54, 1.807) is 0 Å². The average Bonchev–Trinajstić information content (AvgIpc) is 2.52. The van der Waals surface area contributed by atoms with Gasteiger partial charge in [0.15, 0.2) is 0 Å². The molecule has 3 aromatic rings. The number of aromatic nitrogens is 1. The van der Waals surface area contributed by atoms with Gasteiger partial charge in [-0.3, -0.25) is 0 Å². The van der Waals surface area contributed by atoms with Crippen LogP contribution in [0.2, 0.25) is 0 Å². The maximum atomic E-state index is 6.02. The summed E-state index contributed by atoms with van der Waals surface area (Å²) in [7, 11) is 1.94. The van der Waals surface area contributed by atoms with Gasteiger partial charge in [0.05, 0.1) is 0 Å². The van der Waals surface area contributed by atoms with Gasteiger partial charge in [-0.15, -0.1) is 0 Å². The fourth-order valence-corrected chi connectivity index (χ4v) is 2.41. The minimum atomic E-state index is 0.653. The van der Waals surface area contributed by atoms with E-state index in [0.717, 1.165) is 23.2 Å². The summed E-state index contributed by atoms with van der Waals surface area (Å²) in [6.07, 6.45) is 1.88. The fourth-order valence-electron chi connectivity index (χ4n) is 2.41. The lowest BCUT2D eigenvalue weighted by Gasteiger charge is -2.12. The maximum Gasteiger partial charge on any atom is 0.227 e. The number of para-hydroxylation sites is 1. The highest BCUT2D eigenvalue weighted by Crippen LogP contribution is 2.31. The van der Waals surface area contributed by atoms with Crippen molar-refractivity contribution in [2.75, 3.05) is 7.05 Å². The minimum Gasteiger partial charge on any atom is -0.438 e. The first kappa shape index (κ1) is 13.6. The number of benzene rings is 2. The van der Waals surface area contributed by atoms with Crippen LogP contribution in [-0.2, 0) is 6.54 Å². The molecule has 0 unspecified atom stereocenters. The zero-order chi connectivity index (χ0) is 14.7. The average molecular weight is 278 g/mol. The standard InChI is InChI=1S/C18H18N2O/c1-13-7-3-6-10-17(13)21-18-16-9-5-4-8-15(16)14(11-19-2)12-20-18/h3-10,12,19H,11H2,1-2H3. The Kier molecular flexibility index (Phi) is 3.84. The summed E-state index contributed by atoms with van der Waals surface area (Å²) in [6.45, 7) is 2.82. The number of ether oxygens (including phenoxy) is 1. The Labute approximate surface area is 124 Å². The molecule has 0 aliphatic heterocycles. The van der Waals surface area contributed by atoms with Crippen LogP contribution in [0.5, 0.6) is 11.6 Å². The van der Waals surface area contributed by atoms with Crippen LogP contribution in [0.3, 0.4) is 0 Å². The lowest BCUT2D eigenvalue weighted by atomic mass is 10.1. The van der Waals surface area contributed by atoms with Crippen LogP contribution in [-0.4, -0.2) is 12.0 Å². The van der Waals surface area contributed by atoms with Gasteiger partial charge in [0.25, 0.3) is 0 Å². The third-order valence-corrected chi connectivity index (χ3v) is 3.51. The summed E-state index contributed by atoms with van der Waals surface area (Å²) in [5.74, 6) is 1.50. The van der Waals surface area contributed by atoms with Crippen molar-refractivity contribution in [1.82, 2.24) is 10.3 Å². The summed E-state index contributed by atoms with van der Waals surface area (Å²) >= 11 is 0. The highest BCUT2D eigenvalue weighted by molar-refractivity contribution is 5.89. The largest absolute Gasteiger partial charge is 0.438 e. The molecule has 0 aliphatic carbocycles. The quantitative estimate of drug-likeness (QED) is 0.781. The van der Waals surface area contributed by atoms with Crippen molar-refractivity contribution in [3.8, 4) is 11.6 Å². The summed E-state index contributed by atoms with van der Waals surface area (Å²) < 4.78 is 6.02. The fraction of sp³-hybridized carbons (Fsp3) is 0.167. The van der Waals surface area contributed by atoms with E-state index in [1.165, 1.54) is 10.9 Å². The van der Waals surface area contributed by atoms with E-state index in [-0.39, 0.29) is 0 Å². The Morgan fingerprint density at radius 2 is 1.71 bits per heavy atom. The summed E-state index contributed by atoms with van der Waals surface area (Å²) in [5.41, 5.74) is 2.27. The van der Waals surface area contributed by atoms with E-state index in [4.69, 9.17) is 4.74 Å². The molecule has 1 N–H and O–H groups in total. The van der Waals surface area contributed by atoms with E-state index in [0.29, 0.717) is 5.88 Å². The monoisotopic (exact) mass is 278 g/mol. The van der Waals surface area contributed by atoms with Crippen LogP contribution in [0.4, 0.5) is 0 Å². The smallest absolute Gasteiger partial charge is 0.227 e. The van der Waals surface area contributed by atoms with Gasteiger partial charge in [-0.1, -0.05) is 36.4 Å². The van der Waals surface area contributed by atoms with E-state index in [2.05, 4.69) is 22.4 Å². The predicted molar refractivity (Wildman–Crippen MR) is 85.8 cm³/mol. The topological polar surface area (TPSA) is 34.2 Å². The molecule has 1 heterocycles. The first-order chi connectivity index (χ1) is 10.3. The van der Waals surface area contributed by atoms with Gasteiger partial charge in [0.2, 0.25) is 5.88 Å². The maximum absolute atomic E-state index is 6.02. The Morgan fingerprint density at radius 3 is 2.48 bits per heavy atom. The second kappa shape index (κ2) is 5.94. The Morgan fingerprint density at radius 1 is 1.00 bits per heavy atom. The number of hydrogen-bond acceptors (Lipinski definition) is 3. The Hall–Kier alpha value is -2.39. The van der Waals surface area contributed by atoms with Gasteiger partial charge < -0.3 is 10.1 Å². The Bertz CT molecular complexity index is 768. The first-order valence-corrected chi connectivity index (χ1v) is 7.04. The number of fused-ring (bicyclic) bond motifs is 1. The van der Waals surface area contributed by atoms with Crippen LogP contribution in [0.1, 0.15) is 11.1 Å². The zero-order valence-corrected chi connectivity index (χ0v) is 12.3. The number of rotatable bonds is 4. The summed E-state index contributed by atoms with van der Waals surface area (Å²) in [6, 6.07) is 16.2. The van der Waals surface area contributed by atoms with Crippen molar-refractivity contribution in [2.24, 2.45) is 0 Å². The molecule has 106 valence electrons. The molecule has 3 heteroatoms. The molecule has 3 rings (SSSR count). The van der Waals surface area contributed by atoms with Crippen LogP contribution in [0.25, 0.3) is 10.8 Å². The number of aryl methyl sites for hydroxylation is 1. The second-order valence-corrected chi connectivity index (χ2v) is 5.03. The summed E-state index contributed by atoms with van der Waals surface area (Å²) in [5, 5.41) is 5.38. The normalized spacial score (nSPS) is 10.8. The van der Waals surface area contributed by atoms with Crippen molar-refractivity contribution in [3.63, 3.8) is 0 Å². The van der Waals surface area contributed by atoms with Gasteiger partial charge in [-0.05, 0) is 42.6 Å². The lowest BCUT2D eigenvalue weighted by Crippen LogP contribution is -2.06. The second-order valence-electron chi connectivity index (χ2n) is 5.03. The number of hydrogen-bond donors (Lipinski definition) is 1. The molecular formula is C18H18N2O. The minimum absolute atomic E-state index is 0.653. The van der Waals surface area contributed by atoms with E-state index in [9.17, 15) is 0 Å². The van der Waals surface area contributed by atoms with Crippen LogP contribution in [0, 0.1) is 6.92 Å². The summed E-state index contributed by atoms with van der Waals surface area (Å²) in [4.78, 5) is 4.50. The molecule has 0 saturated heterocycles. The van der Waals surface area contributed by atoms with Gasteiger partial charge >= 0.3 is 0 Å². The third-order valence-electron chi connectivity index (χ3n) is 3.51. The molecule has 0 amide bonds. The first-order valence-electron chi connectivity index (χ1n) is 7.04. The SMILES string of the molecule is CNCc1cnc(Oc2ccccc2C)c2ccccc12. The van der Waals surface area contributed by atoms with Crippen molar-refractivity contribution in [2.45, 2.75) is 13.5 Å². The molecular weight excluding hydrogens is 260 g/mol. The van der Waals surface area contributed by atoms with E-state index < -0.39 is 0 Å². The van der Waals surface area contributed by atoms with Gasteiger partial charge in [0.1, 0.15) is 5.75 Å². The van der Waals surface area contributed by atoms with E-state index >= 15 is 0 Å². The zero-order valence-electron chi connectivity index (χ0n) is 12.3. The number of nitrogens with one attached hydrogen (secondary N) is 1. The van der Waals surface area contributed by atoms with Crippen LogP contribution < -0.4 is 10.1 Å². The molecule has 2 aromatic carbocycles. The molecule has 0 aliphatic rings. The van der Waals surface area contributed by atoms with Gasteiger partial charge in [-0.25, -0.2) is 4.98 Å². The molecule has 0 radical (unpaired) electrons. The van der Waals surface area contributed by atoms with Crippen LogP contribution >= 0.6 is 0 Å². The highest BCUT2D eigenvalue weighted by Gasteiger charge is 2.09. The number of pyridine rings is 1. The van der Waals surface area contributed by atoms with E-state index in [1.807, 2.05) is 56.6 Å². The number of nitrogens with zero attached hydrogens (tertiary/aromatic N) is 1. The molecule has 3 nitrogen and oxygen atoms in total. The molecule has 0 spiro atoms. The van der Waals surface area contributed by atoms with Crippen molar-refractivity contribution in [1.29, 1.82) is 0 Å². The molecule has 0 atom stereocenters. The third kappa shape index (κ3) is 2.73. The van der Waals surface area contributed by atoms with Gasteiger partial charge in [0, 0.05) is 18.1 Å². The molecule has 1 aromatic heterocycles.